The second-order valence-corrected chi connectivity index (χ2v) is 4.46. The fraction of sp³-hybridized carbons (Fsp3) is 0.235. The molecule has 22 heavy (non-hydrogen) atoms. The monoisotopic (exact) mass is 301 g/mol. The molecule has 2 aromatic rings. The number of ether oxygens (including phenoxy) is 3. The van der Waals surface area contributed by atoms with Crippen molar-refractivity contribution in [2.75, 3.05) is 20.8 Å². The van der Waals surface area contributed by atoms with Gasteiger partial charge in [-0.25, -0.2) is 0 Å². The van der Waals surface area contributed by atoms with Crippen LogP contribution in [0.3, 0.4) is 0 Å². The second-order valence-electron chi connectivity index (χ2n) is 4.46. The van der Waals surface area contributed by atoms with Crippen molar-refractivity contribution in [2.24, 2.45) is 4.99 Å². The van der Waals surface area contributed by atoms with Gasteiger partial charge < -0.3 is 19.3 Å². The Bertz CT molecular complexity index is 625. The van der Waals surface area contributed by atoms with Crippen molar-refractivity contribution in [1.82, 2.24) is 0 Å². The molecule has 0 saturated carbocycles. The van der Waals surface area contributed by atoms with E-state index in [1.54, 1.807) is 18.3 Å². The standard InChI is InChI=1S/C17H19NO4/c1-4-22-14-7-5-13(6-8-14)18-11-12-9-15(20-2)17(19)16(10-12)21-3/h5-11,19H,4H2,1-3H3. The molecule has 0 aliphatic carbocycles. The van der Waals surface area contributed by atoms with Crippen LogP contribution >= 0.6 is 0 Å². The lowest BCUT2D eigenvalue weighted by atomic mass is 10.2. The van der Waals surface area contributed by atoms with E-state index in [1.165, 1.54) is 14.2 Å². The van der Waals surface area contributed by atoms with Crippen LogP contribution in [-0.4, -0.2) is 32.1 Å². The maximum Gasteiger partial charge on any atom is 0.200 e. The summed E-state index contributed by atoms with van der Waals surface area (Å²) in [5.41, 5.74) is 1.56. The van der Waals surface area contributed by atoms with E-state index in [4.69, 9.17) is 14.2 Å². The van der Waals surface area contributed by atoms with Crippen molar-refractivity contribution < 1.29 is 19.3 Å². The molecule has 0 heterocycles. The molecule has 2 rings (SSSR count). The van der Waals surface area contributed by atoms with Gasteiger partial charge in [0.2, 0.25) is 5.75 Å². The zero-order chi connectivity index (χ0) is 15.9. The van der Waals surface area contributed by atoms with Crippen LogP contribution in [-0.2, 0) is 0 Å². The van der Waals surface area contributed by atoms with E-state index < -0.39 is 0 Å². The van der Waals surface area contributed by atoms with Crippen molar-refractivity contribution in [3.63, 3.8) is 0 Å². The van der Waals surface area contributed by atoms with Gasteiger partial charge in [-0.3, -0.25) is 4.99 Å². The van der Waals surface area contributed by atoms with E-state index in [9.17, 15) is 5.11 Å². The third kappa shape index (κ3) is 3.69. The van der Waals surface area contributed by atoms with Crippen LogP contribution in [0.15, 0.2) is 41.4 Å². The van der Waals surface area contributed by atoms with Gasteiger partial charge in [0, 0.05) is 11.8 Å². The maximum absolute atomic E-state index is 9.87. The summed E-state index contributed by atoms with van der Waals surface area (Å²) < 4.78 is 15.6. The molecule has 0 aliphatic rings. The van der Waals surface area contributed by atoms with Gasteiger partial charge in [-0.15, -0.1) is 0 Å². The molecule has 5 nitrogen and oxygen atoms in total. The van der Waals surface area contributed by atoms with Crippen LogP contribution in [0.25, 0.3) is 0 Å². The molecule has 0 unspecified atom stereocenters. The van der Waals surface area contributed by atoms with Gasteiger partial charge in [0.05, 0.1) is 26.5 Å². The molecule has 0 saturated heterocycles. The largest absolute Gasteiger partial charge is 0.502 e. The molecule has 5 heteroatoms. The van der Waals surface area contributed by atoms with E-state index in [1.807, 2.05) is 31.2 Å². The molecule has 0 radical (unpaired) electrons. The van der Waals surface area contributed by atoms with E-state index in [-0.39, 0.29) is 5.75 Å². The number of aromatic hydroxyl groups is 1. The topological polar surface area (TPSA) is 60.3 Å². The summed E-state index contributed by atoms with van der Waals surface area (Å²) in [5, 5.41) is 9.87. The lowest BCUT2D eigenvalue weighted by molar-refractivity contribution is 0.340. The average molecular weight is 301 g/mol. The molecular formula is C17H19NO4. The van der Waals surface area contributed by atoms with Crippen LogP contribution in [0.5, 0.6) is 23.0 Å². The van der Waals surface area contributed by atoms with Crippen molar-refractivity contribution in [1.29, 1.82) is 0 Å². The first kappa shape index (κ1) is 15.7. The molecule has 0 fully saturated rings. The first-order chi connectivity index (χ1) is 10.7. The number of hydrogen-bond acceptors (Lipinski definition) is 5. The number of methoxy groups -OCH3 is 2. The van der Waals surface area contributed by atoms with Crippen molar-refractivity contribution in [2.45, 2.75) is 6.92 Å². The molecule has 1 N–H and O–H groups in total. The van der Waals surface area contributed by atoms with E-state index >= 15 is 0 Å². The number of nitrogens with zero attached hydrogens (tertiary/aromatic N) is 1. The van der Waals surface area contributed by atoms with Gasteiger partial charge in [-0.2, -0.15) is 0 Å². The lowest BCUT2D eigenvalue weighted by Gasteiger charge is -2.09. The van der Waals surface area contributed by atoms with Crippen molar-refractivity contribution in [3.05, 3.63) is 42.0 Å². The Kier molecular flexibility index (Phi) is 5.25. The summed E-state index contributed by atoms with van der Waals surface area (Å²) in [6.45, 7) is 2.58. The van der Waals surface area contributed by atoms with Crippen molar-refractivity contribution in [3.8, 4) is 23.0 Å². The fourth-order valence-corrected chi connectivity index (χ4v) is 1.93. The fourth-order valence-electron chi connectivity index (χ4n) is 1.93. The van der Waals surface area contributed by atoms with Crippen LogP contribution in [0.4, 0.5) is 5.69 Å². The highest BCUT2D eigenvalue weighted by Gasteiger charge is 2.10. The first-order valence-corrected chi connectivity index (χ1v) is 6.89. The SMILES string of the molecule is CCOc1ccc(N=Cc2cc(OC)c(O)c(OC)c2)cc1. The number of rotatable bonds is 6. The number of hydrogen-bond donors (Lipinski definition) is 1. The van der Waals surface area contributed by atoms with Gasteiger partial charge >= 0.3 is 0 Å². The summed E-state index contributed by atoms with van der Waals surface area (Å²) in [6.07, 6.45) is 1.68. The third-order valence-corrected chi connectivity index (χ3v) is 3.01. The number of benzene rings is 2. The quantitative estimate of drug-likeness (QED) is 0.829. The third-order valence-electron chi connectivity index (χ3n) is 3.01. The van der Waals surface area contributed by atoms with E-state index in [0.29, 0.717) is 18.1 Å². The average Bonchev–Trinajstić information content (AvgIpc) is 2.55. The Hall–Kier alpha value is -2.69. The highest BCUT2D eigenvalue weighted by molar-refractivity contribution is 5.84. The molecule has 0 aliphatic heterocycles. The molecule has 0 atom stereocenters. The number of phenolic OH excluding ortho intramolecular Hbond substituents is 1. The molecule has 2 aromatic carbocycles. The number of aliphatic imine (C=N–C) groups is 1. The van der Waals surface area contributed by atoms with Gasteiger partial charge in [-0.05, 0) is 43.3 Å². The normalized spacial score (nSPS) is 10.7. The van der Waals surface area contributed by atoms with Crippen LogP contribution in [0, 0.1) is 0 Å². The van der Waals surface area contributed by atoms with Gasteiger partial charge in [0.25, 0.3) is 0 Å². The predicted molar refractivity (Wildman–Crippen MR) is 86.1 cm³/mol. The molecule has 0 aromatic heterocycles. The highest BCUT2D eigenvalue weighted by Crippen LogP contribution is 2.36. The molecule has 0 amide bonds. The number of phenols is 1. The molecular weight excluding hydrogens is 282 g/mol. The zero-order valence-corrected chi connectivity index (χ0v) is 12.9. The Labute approximate surface area is 129 Å². The molecule has 0 bridgehead atoms. The zero-order valence-electron chi connectivity index (χ0n) is 12.9. The van der Waals surface area contributed by atoms with Gasteiger partial charge in [-0.1, -0.05) is 0 Å². The summed E-state index contributed by atoms with van der Waals surface area (Å²) in [6, 6.07) is 10.9. The minimum atomic E-state index is -0.0248. The lowest BCUT2D eigenvalue weighted by Crippen LogP contribution is -1.92. The van der Waals surface area contributed by atoms with Crippen LogP contribution < -0.4 is 14.2 Å². The highest BCUT2D eigenvalue weighted by atomic mass is 16.5. The summed E-state index contributed by atoms with van der Waals surface area (Å²) in [7, 11) is 2.98. The molecule has 116 valence electrons. The Balaban J connectivity index is 2.22. The van der Waals surface area contributed by atoms with Crippen LogP contribution in [0.1, 0.15) is 12.5 Å². The van der Waals surface area contributed by atoms with Gasteiger partial charge in [0.1, 0.15) is 5.75 Å². The molecule has 0 spiro atoms. The Morgan fingerprint density at radius 3 is 2.14 bits per heavy atom. The van der Waals surface area contributed by atoms with E-state index in [2.05, 4.69) is 4.99 Å². The smallest absolute Gasteiger partial charge is 0.200 e. The summed E-state index contributed by atoms with van der Waals surface area (Å²) in [4.78, 5) is 4.38. The van der Waals surface area contributed by atoms with Crippen molar-refractivity contribution >= 4 is 11.9 Å². The van der Waals surface area contributed by atoms with Gasteiger partial charge in [0.15, 0.2) is 11.5 Å². The summed E-state index contributed by atoms with van der Waals surface area (Å²) in [5.74, 6) is 1.47. The van der Waals surface area contributed by atoms with E-state index in [0.717, 1.165) is 17.0 Å². The summed E-state index contributed by atoms with van der Waals surface area (Å²) >= 11 is 0. The minimum Gasteiger partial charge on any atom is -0.502 e. The first-order valence-electron chi connectivity index (χ1n) is 6.89. The second kappa shape index (κ2) is 7.36. The maximum atomic E-state index is 9.87. The predicted octanol–water partition coefficient (Wildman–Crippen LogP) is 3.56. The Morgan fingerprint density at radius 2 is 1.64 bits per heavy atom. The minimum absolute atomic E-state index is 0.0248. The Morgan fingerprint density at radius 1 is 1.05 bits per heavy atom. The van der Waals surface area contributed by atoms with Crippen LogP contribution in [0.2, 0.25) is 0 Å².